The van der Waals surface area contributed by atoms with E-state index >= 15 is 0 Å². The molecular formula is C21H26N2O2. The number of anilines is 2. The van der Waals surface area contributed by atoms with Crippen LogP contribution in [0.25, 0.3) is 0 Å². The van der Waals surface area contributed by atoms with Crippen LogP contribution in [0.3, 0.4) is 0 Å². The molecule has 3 rings (SSSR count). The highest BCUT2D eigenvalue weighted by Gasteiger charge is 2.30. The highest BCUT2D eigenvalue weighted by Crippen LogP contribution is 2.23. The molecule has 1 N–H and O–H groups in total. The summed E-state index contributed by atoms with van der Waals surface area (Å²) < 4.78 is 5.83. The van der Waals surface area contributed by atoms with Crippen LogP contribution in [0.2, 0.25) is 0 Å². The van der Waals surface area contributed by atoms with Gasteiger partial charge in [-0.15, -0.1) is 0 Å². The molecular weight excluding hydrogens is 312 g/mol. The quantitative estimate of drug-likeness (QED) is 0.874. The number of benzene rings is 2. The molecule has 1 aliphatic rings. The maximum atomic E-state index is 12.6. The van der Waals surface area contributed by atoms with E-state index in [2.05, 4.69) is 22.3 Å². The minimum Gasteiger partial charge on any atom is -0.478 e. The maximum Gasteiger partial charge on any atom is 0.267 e. The normalized spacial score (nSPS) is 14.9. The molecule has 1 heterocycles. The summed E-state index contributed by atoms with van der Waals surface area (Å²) in [7, 11) is 0. The SMILES string of the molecule is CC(C)(Oc1ccccc1)C(=O)Nc1ccc(N2CCCCC2)cc1. The molecule has 2 aromatic rings. The molecule has 132 valence electrons. The average Bonchev–Trinajstić information content (AvgIpc) is 2.63. The van der Waals surface area contributed by atoms with Crippen molar-refractivity contribution >= 4 is 17.3 Å². The number of amides is 1. The molecule has 0 spiro atoms. The van der Waals surface area contributed by atoms with Crippen LogP contribution >= 0.6 is 0 Å². The molecule has 2 aromatic carbocycles. The molecule has 1 aliphatic heterocycles. The minimum absolute atomic E-state index is 0.165. The zero-order valence-corrected chi connectivity index (χ0v) is 15.0. The second-order valence-electron chi connectivity index (χ2n) is 6.97. The Morgan fingerprint density at radius 3 is 2.24 bits per heavy atom. The van der Waals surface area contributed by atoms with Crippen LogP contribution in [0.5, 0.6) is 5.75 Å². The molecule has 0 atom stereocenters. The Balaban J connectivity index is 1.61. The molecule has 1 amide bonds. The number of rotatable bonds is 5. The van der Waals surface area contributed by atoms with E-state index in [1.165, 1.54) is 24.9 Å². The van der Waals surface area contributed by atoms with E-state index in [4.69, 9.17) is 4.74 Å². The lowest BCUT2D eigenvalue weighted by Gasteiger charge is -2.29. The van der Waals surface area contributed by atoms with Gasteiger partial charge in [0.1, 0.15) is 5.75 Å². The lowest BCUT2D eigenvalue weighted by Crippen LogP contribution is -2.42. The second kappa shape index (κ2) is 7.60. The van der Waals surface area contributed by atoms with Crippen molar-refractivity contribution < 1.29 is 9.53 Å². The van der Waals surface area contributed by atoms with Gasteiger partial charge in [0.15, 0.2) is 5.60 Å². The van der Waals surface area contributed by atoms with Crippen molar-refractivity contribution in [1.29, 1.82) is 0 Å². The summed E-state index contributed by atoms with van der Waals surface area (Å²) in [5.74, 6) is 0.519. The monoisotopic (exact) mass is 338 g/mol. The summed E-state index contributed by atoms with van der Waals surface area (Å²) in [4.78, 5) is 15.0. The molecule has 0 radical (unpaired) electrons. The molecule has 4 nitrogen and oxygen atoms in total. The van der Waals surface area contributed by atoms with Gasteiger partial charge in [0, 0.05) is 24.5 Å². The van der Waals surface area contributed by atoms with Crippen molar-refractivity contribution in [3.63, 3.8) is 0 Å². The minimum atomic E-state index is -0.951. The Morgan fingerprint density at radius 2 is 1.60 bits per heavy atom. The first-order valence-electron chi connectivity index (χ1n) is 8.95. The van der Waals surface area contributed by atoms with Crippen molar-refractivity contribution in [3.05, 3.63) is 54.6 Å². The number of para-hydroxylation sites is 1. The number of piperidine rings is 1. The van der Waals surface area contributed by atoms with Crippen molar-refractivity contribution in [2.45, 2.75) is 38.7 Å². The van der Waals surface area contributed by atoms with Crippen LogP contribution < -0.4 is 15.0 Å². The summed E-state index contributed by atoms with van der Waals surface area (Å²) in [5, 5.41) is 2.95. The first-order valence-corrected chi connectivity index (χ1v) is 8.95. The number of hydrogen-bond acceptors (Lipinski definition) is 3. The Labute approximate surface area is 149 Å². The van der Waals surface area contributed by atoms with E-state index in [9.17, 15) is 4.79 Å². The first-order chi connectivity index (χ1) is 12.0. The van der Waals surface area contributed by atoms with Gasteiger partial charge in [0.05, 0.1) is 0 Å². The Bertz CT molecular complexity index is 690. The van der Waals surface area contributed by atoms with Crippen molar-refractivity contribution in [1.82, 2.24) is 0 Å². The first kappa shape index (κ1) is 17.3. The molecule has 4 heteroatoms. The van der Waals surface area contributed by atoms with Crippen LogP contribution in [-0.4, -0.2) is 24.6 Å². The third-order valence-corrected chi connectivity index (χ3v) is 4.51. The molecule has 0 aromatic heterocycles. The third-order valence-electron chi connectivity index (χ3n) is 4.51. The fraction of sp³-hybridized carbons (Fsp3) is 0.381. The van der Waals surface area contributed by atoms with Crippen molar-refractivity contribution in [3.8, 4) is 5.75 Å². The zero-order chi connectivity index (χ0) is 17.7. The van der Waals surface area contributed by atoms with Crippen molar-refractivity contribution in [2.24, 2.45) is 0 Å². The fourth-order valence-electron chi connectivity index (χ4n) is 3.02. The van der Waals surface area contributed by atoms with Gasteiger partial charge in [-0.25, -0.2) is 0 Å². The molecule has 0 bridgehead atoms. The molecule has 0 saturated carbocycles. The van der Waals surface area contributed by atoms with Gasteiger partial charge in [0.25, 0.3) is 5.91 Å². The smallest absolute Gasteiger partial charge is 0.267 e. The Hall–Kier alpha value is -2.49. The predicted molar refractivity (Wildman–Crippen MR) is 102 cm³/mol. The van der Waals surface area contributed by atoms with Gasteiger partial charge in [-0.05, 0) is 69.5 Å². The lowest BCUT2D eigenvalue weighted by molar-refractivity contribution is -0.128. The van der Waals surface area contributed by atoms with E-state index in [1.54, 1.807) is 13.8 Å². The van der Waals surface area contributed by atoms with Crippen LogP contribution in [0.1, 0.15) is 33.1 Å². The fourth-order valence-corrected chi connectivity index (χ4v) is 3.02. The summed E-state index contributed by atoms with van der Waals surface area (Å²) >= 11 is 0. The van der Waals surface area contributed by atoms with Gasteiger partial charge in [-0.2, -0.15) is 0 Å². The van der Waals surface area contributed by atoms with E-state index in [0.29, 0.717) is 5.75 Å². The number of carbonyl (C=O) groups is 1. The highest BCUT2D eigenvalue weighted by molar-refractivity contribution is 5.97. The number of nitrogens with zero attached hydrogens (tertiary/aromatic N) is 1. The number of nitrogens with one attached hydrogen (secondary N) is 1. The summed E-state index contributed by atoms with van der Waals surface area (Å²) in [6.45, 7) is 5.78. The lowest BCUT2D eigenvalue weighted by atomic mass is 10.1. The predicted octanol–water partition coefficient (Wildman–Crippen LogP) is 4.47. The number of hydrogen-bond donors (Lipinski definition) is 1. The Morgan fingerprint density at radius 1 is 0.960 bits per heavy atom. The molecule has 1 fully saturated rings. The van der Waals surface area contributed by atoms with Gasteiger partial charge < -0.3 is 15.0 Å². The Kier molecular flexibility index (Phi) is 5.27. The second-order valence-corrected chi connectivity index (χ2v) is 6.97. The van der Waals surface area contributed by atoms with Gasteiger partial charge >= 0.3 is 0 Å². The highest BCUT2D eigenvalue weighted by atomic mass is 16.5. The van der Waals surface area contributed by atoms with Gasteiger partial charge in [-0.1, -0.05) is 18.2 Å². The maximum absolute atomic E-state index is 12.6. The van der Waals surface area contributed by atoms with Crippen LogP contribution in [-0.2, 0) is 4.79 Å². The van der Waals surface area contributed by atoms with Crippen LogP contribution in [0.15, 0.2) is 54.6 Å². The van der Waals surface area contributed by atoms with Gasteiger partial charge in [-0.3, -0.25) is 4.79 Å². The molecule has 25 heavy (non-hydrogen) atoms. The van der Waals surface area contributed by atoms with E-state index < -0.39 is 5.60 Å². The molecule has 0 aliphatic carbocycles. The van der Waals surface area contributed by atoms with E-state index in [-0.39, 0.29) is 5.91 Å². The standard InChI is InChI=1S/C21H26N2O2/c1-21(2,25-19-9-5-3-6-10-19)20(24)22-17-11-13-18(14-12-17)23-15-7-4-8-16-23/h3,5-6,9-14H,4,7-8,15-16H2,1-2H3,(H,22,24). The topological polar surface area (TPSA) is 41.6 Å². The number of ether oxygens (including phenoxy) is 1. The largest absolute Gasteiger partial charge is 0.478 e. The zero-order valence-electron chi connectivity index (χ0n) is 15.0. The number of carbonyl (C=O) groups excluding carboxylic acids is 1. The van der Waals surface area contributed by atoms with Gasteiger partial charge in [0.2, 0.25) is 0 Å². The summed E-state index contributed by atoms with van der Waals surface area (Å²) in [6, 6.07) is 17.5. The van der Waals surface area contributed by atoms with Crippen LogP contribution in [0.4, 0.5) is 11.4 Å². The average molecular weight is 338 g/mol. The van der Waals surface area contributed by atoms with E-state index in [1.807, 2.05) is 42.5 Å². The summed E-state index contributed by atoms with van der Waals surface area (Å²) in [6.07, 6.45) is 3.83. The molecule has 0 unspecified atom stereocenters. The molecule has 1 saturated heterocycles. The van der Waals surface area contributed by atoms with E-state index in [0.717, 1.165) is 18.8 Å². The van der Waals surface area contributed by atoms with Crippen molar-refractivity contribution in [2.75, 3.05) is 23.3 Å². The summed E-state index contributed by atoms with van der Waals surface area (Å²) in [5.41, 5.74) is 1.06. The third kappa shape index (κ3) is 4.53. The van der Waals surface area contributed by atoms with Crippen LogP contribution in [0, 0.1) is 0 Å².